The number of amides is 1. The zero-order valence-electron chi connectivity index (χ0n) is 20.2. The first kappa shape index (κ1) is 21.8. The second-order valence-corrected chi connectivity index (χ2v) is 10.4. The minimum absolute atomic E-state index is 0.00741. The van der Waals surface area contributed by atoms with Crippen LogP contribution in [-0.4, -0.2) is 57.1 Å². The summed E-state index contributed by atoms with van der Waals surface area (Å²) >= 11 is 0. The lowest BCUT2D eigenvalue weighted by Crippen LogP contribution is -2.48. The lowest BCUT2D eigenvalue weighted by atomic mass is 9.97. The molecule has 2 aliphatic rings. The van der Waals surface area contributed by atoms with Crippen LogP contribution < -0.4 is 4.90 Å². The fourth-order valence-electron chi connectivity index (χ4n) is 4.25. The van der Waals surface area contributed by atoms with Gasteiger partial charge in [0.2, 0.25) is 17.4 Å². The van der Waals surface area contributed by atoms with Crippen molar-refractivity contribution in [1.29, 1.82) is 0 Å². The number of carbonyl (C=O) groups excluding carboxylic acids is 1. The van der Waals surface area contributed by atoms with Crippen LogP contribution in [-0.2, 0) is 5.41 Å². The Labute approximate surface area is 203 Å². The monoisotopic (exact) mass is 472 g/mol. The predicted octanol–water partition coefficient (Wildman–Crippen LogP) is 4.41. The van der Waals surface area contributed by atoms with Gasteiger partial charge < -0.3 is 18.7 Å². The summed E-state index contributed by atoms with van der Waals surface area (Å²) in [4.78, 5) is 30.8. The van der Waals surface area contributed by atoms with Crippen LogP contribution in [0.1, 0.15) is 61.5 Å². The maximum absolute atomic E-state index is 13.1. The van der Waals surface area contributed by atoms with E-state index in [1.54, 1.807) is 0 Å². The molecule has 9 nitrogen and oxygen atoms in total. The van der Waals surface area contributed by atoms with Gasteiger partial charge in [-0.2, -0.15) is 9.97 Å². The fraction of sp³-hybridized carbons (Fsp3) is 0.423. The first-order valence-electron chi connectivity index (χ1n) is 12.1. The van der Waals surface area contributed by atoms with Gasteiger partial charge in [0.05, 0.1) is 0 Å². The number of hydrogen-bond donors (Lipinski definition) is 0. The van der Waals surface area contributed by atoms with E-state index in [0.29, 0.717) is 66.6 Å². The predicted molar refractivity (Wildman–Crippen MR) is 130 cm³/mol. The van der Waals surface area contributed by atoms with E-state index >= 15 is 0 Å². The number of carbonyl (C=O) groups is 1. The van der Waals surface area contributed by atoms with Gasteiger partial charge in [-0.1, -0.05) is 38.1 Å². The van der Waals surface area contributed by atoms with E-state index in [4.69, 9.17) is 8.94 Å². The van der Waals surface area contributed by atoms with Crippen molar-refractivity contribution in [1.82, 2.24) is 25.0 Å². The minimum Gasteiger partial charge on any atom is -0.422 e. The molecule has 0 atom stereocenters. The van der Waals surface area contributed by atoms with Crippen molar-refractivity contribution in [3.63, 3.8) is 0 Å². The number of anilines is 1. The maximum atomic E-state index is 13.1. The molecule has 1 aromatic carbocycles. The van der Waals surface area contributed by atoms with Crippen molar-refractivity contribution in [3.05, 3.63) is 53.5 Å². The fourth-order valence-corrected chi connectivity index (χ4v) is 4.25. The summed E-state index contributed by atoms with van der Waals surface area (Å²) in [5, 5.41) is 4.08. The largest absolute Gasteiger partial charge is 0.422 e. The van der Waals surface area contributed by atoms with E-state index in [0.717, 1.165) is 11.3 Å². The van der Waals surface area contributed by atoms with Crippen LogP contribution in [0.25, 0.3) is 22.6 Å². The molecule has 0 radical (unpaired) electrons. The van der Waals surface area contributed by atoms with Gasteiger partial charge in [0.1, 0.15) is 0 Å². The van der Waals surface area contributed by atoms with Crippen molar-refractivity contribution in [2.45, 2.75) is 44.9 Å². The van der Waals surface area contributed by atoms with E-state index in [9.17, 15) is 4.79 Å². The van der Waals surface area contributed by atoms with Crippen molar-refractivity contribution < 1.29 is 13.7 Å². The zero-order chi connectivity index (χ0) is 24.2. The van der Waals surface area contributed by atoms with Crippen LogP contribution in [0.4, 0.5) is 6.01 Å². The molecule has 1 saturated carbocycles. The molecular formula is C26H28N6O3. The van der Waals surface area contributed by atoms with Gasteiger partial charge in [0.25, 0.3) is 11.9 Å². The van der Waals surface area contributed by atoms with E-state index in [2.05, 4.69) is 25.0 Å². The Bertz CT molecular complexity index is 1370. The SMILES string of the molecule is CC(C)(C)c1nc(-c2ccc(C(=O)N3CCN(c4nc5nc(C6CC6)ccc5o4)CC3)cc2)no1. The zero-order valence-corrected chi connectivity index (χ0v) is 20.2. The molecule has 0 bridgehead atoms. The van der Waals surface area contributed by atoms with Crippen LogP contribution >= 0.6 is 0 Å². The van der Waals surface area contributed by atoms with Crippen molar-refractivity contribution in [3.8, 4) is 11.4 Å². The summed E-state index contributed by atoms with van der Waals surface area (Å²) in [5.74, 6) is 1.70. The van der Waals surface area contributed by atoms with Gasteiger partial charge in [-0.25, -0.2) is 4.98 Å². The Morgan fingerprint density at radius 2 is 1.69 bits per heavy atom. The smallest absolute Gasteiger partial charge is 0.300 e. The topological polar surface area (TPSA) is 101 Å². The third-order valence-electron chi connectivity index (χ3n) is 6.55. The van der Waals surface area contributed by atoms with Crippen LogP contribution in [0, 0.1) is 0 Å². The number of oxazole rings is 1. The number of benzene rings is 1. The molecule has 1 saturated heterocycles. The standard InChI is InChI=1S/C26H28N6O3/c1-26(2,3)24-28-21(30-35-24)17-6-8-18(9-7-17)23(33)31-12-14-32(15-13-31)25-29-22-20(34-25)11-10-19(27-22)16-4-5-16/h6-11,16H,4-5,12-15H2,1-3H3. The number of rotatable bonds is 4. The number of aromatic nitrogens is 4. The van der Waals surface area contributed by atoms with Crippen LogP contribution in [0.3, 0.4) is 0 Å². The third kappa shape index (κ3) is 4.26. The molecule has 1 amide bonds. The molecule has 1 aliphatic heterocycles. The molecule has 0 unspecified atom stereocenters. The summed E-state index contributed by atoms with van der Waals surface area (Å²) in [6.07, 6.45) is 2.41. The highest BCUT2D eigenvalue weighted by atomic mass is 16.5. The molecule has 6 rings (SSSR count). The lowest BCUT2D eigenvalue weighted by Gasteiger charge is -2.33. The number of hydrogen-bond acceptors (Lipinski definition) is 8. The quantitative estimate of drug-likeness (QED) is 0.430. The number of pyridine rings is 1. The molecular weight excluding hydrogens is 444 g/mol. The van der Waals surface area contributed by atoms with Crippen LogP contribution in [0.2, 0.25) is 0 Å². The first-order valence-corrected chi connectivity index (χ1v) is 12.1. The summed E-state index contributed by atoms with van der Waals surface area (Å²) in [7, 11) is 0. The molecule has 3 aromatic heterocycles. The number of piperazine rings is 1. The van der Waals surface area contributed by atoms with Gasteiger partial charge in [-0.15, -0.1) is 0 Å². The lowest BCUT2D eigenvalue weighted by molar-refractivity contribution is 0.0745. The molecule has 1 aliphatic carbocycles. The Morgan fingerprint density at radius 3 is 2.34 bits per heavy atom. The van der Waals surface area contributed by atoms with Gasteiger partial charge in [0.15, 0.2) is 5.58 Å². The maximum Gasteiger partial charge on any atom is 0.300 e. The minimum atomic E-state index is -0.211. The summed E-state index contributed by atoms with van der Waals surface area (Å²) < 4.78 is 11.3. The van der Waals surface area contributed by atoms with E-state index in [1.807, 2.05) is 62.1 Å². The molecule has 4 aromatic rings. The molecule has 180 valence electrons. The highest BCUT2D eigenvalue weighted by molar-refractivity contribution is 5.94. The van der Waals surface area contributed by atoms with Crippen molar-refractivity contribution in [2.24, 2.45) is 0 Å². The first-order chi connectivity index (χ1) is 16.8. The van der Waals surface area contributed by atoms with Gasteiger partial charge in [0, 0.05) is 54.3 Å². The number of fused-ring (bicyclic) bond motifs is 1. The van der Waals surface area contributed by atoms with Gasteiger partial charge in [-0.05, 0) is 37.1 Å². The van der Waals surface area contributed by atoms with Crippen LogP contribution in [0.5, 0.6) is 0 Å². The molecule has 0 spiro atoms. The summed E-state index contributed by atoms with van der Waals surface area (Å²) in [5.41, 5.74) is 3.73. The highest BCUT2D eigenvalue weighted by Crippen LogP contribution is 2.39. The Balaban J connectivity index is 1.10. The Kier molecular flexibility index (Phi) is 5.09. The molecule has 9 heteroatoms. The molecule has 0 N–H and O–H groups in total. The van der Waals surface area contributed by atoms with Crippen molar-refractivity contribution in [2.75, 3.05) is 31.1 Å². The highest BCUT2D eigenvalue weighted by Gasteiger charge is 2.28. The van der Waals surface area contributed by atoms with Crippen molar-refractivity contribution >= 4 is 23.2 Å². The third-order valence-corrected chi connectivity index (χ3v) is 6.55. The normalized spacial score (nSPS) is 16.8. The second-order valence-electron chi connectivity index (χ2n) is 10.4. The van der Waals surface area contributed by atoms with E-state index < -0.39 is 0 Å². The molecule has 35 heavy (non-hydrogen) atoms. The average molecular weight is 473 g/mol. The van der Waals surface area contributed by atoms with Gasteiger partial charge >= 0.3 is 0 Å². The number of nitrogens with zero attached hydrogens (tertiary/aromatic N) is 6. The summed E-state index contributed by atoms with van der Waals surface area (Å²) in [6.45, 7) is 8.59. The second kappa shape index (κ2) is 8.18. The Morgan fingerprint density at radius 1 is 0.943 bits per heavy atom. The summed E-state index contributed by atoms with van der Waals surface area (Å²) in [6, 6.07) is 12.0. The average Bonchev–Trinajstić information content (AvgIpc) is 3.42. The van der Waals surface area contributed by atoms with Gasteiger partial charge in [-0.3, -0.25) is 4.79 Å². The van der Waals surface area contributed by atoms with Crippen LogP contribution in [0.15, 0.2) is 45.3 Å². The van der Waals surface area contributed by atoms with E-state index in [-0.39, 0.29) is 11.3 Å². The molecule has 2 fully saturated rings. The molecule has 4 heterocycles. The van der Waals surface area contributed by atoms with E-state index in [1.165, 1.54) is 12.8 Å². The Hall–Kier alpha value is -3.75.